The molecule has 108 valence electrons. The number of hydrogen-bond acceptors (Lipinski definition) is 2. The molecule has 0 bridgehead atoms. The number of carboxylic acids is 1. The number of carbonyl (C=O) groups is 1. The summed E-state index contributed by atoms with van der Waals surface area (Å²) in [5.74, 6) is -1.23. The molecule has 5 heteroatoms. The van der Waals surface area contributed by atoms with Gasteiger partial charge in [-0.15, -0.1) is 0 Å². The summed E-state index contributed by atoms with van der Waals surface area (Å²) < 4.78 is 13.4. The lowest BCUT2D eigenvalue weighted by Crippen LogP contribution is -1.98. The monoisotopic (exact) mass is 286 g/mol. The van der Waals surface area contributed by atoms with E-state index in [0.29, 0.717) is 23.4 Å². The van der Waals surface area contributed by atoms with Crippen molar-refractivity contribution >= 4 is 23.3 Å². The standard InChI is InChI=1S/C16H15FN2O2/c1-8-14(19-9(2)15(8)16(20)21)5-10-7-18-13-4-3-11(17)6-12(10)13/h3-6,18-19H,7H2,1-2H3,(H,20,21). The lowest BCUT2D eigenvalue weighted by molar-refractivity contribution is 0.0695. The number of nitrogens with one attached hydrogen (secondary N) is 2. The number of fused-ring (bicyclic) bond motifs is 1. The van der Waals surface area contributed by atoms with Gasteiger partial charge in [0.05, 0.1) is 5.56 Å². The zero-order chi connectivity index (χ0) is 15.1. The summed E-state index contributed by atoms with van der Waals surface area (Å²) in [5, 5.41) is 12.4. The topological polar surface area (TPSA) is 65.1 Å². The number of carboxylic acid groups (broad SMARTS) is 1. The summed E-state index contributed by atoms with van der Waals surface area (Å²) in [6.07, 6.45) is 1.88. The van der Waals surface area contributed by atoms with Gasteiger partial charge in [-0.25, -0.2) is 9.18 Å². The van der Waals surface area contributed by atoms with Crippen molar-refractivity contribution in [3.05, 3.63) is 52.1 Å². The molecule has 2 heterocycles. The summed E-state index contributed by atoms with van der Waals surface area (Å²) in [6, 6.07) is 4.62. The summed E-state index contributed by atoms with van der Waals surface area (Å²) in [4.78, 5) is 14.3. The molecule has 0 aliphatic carbocycles. The fourth-order valence-corrected chi connectivity index (χ4v) is 2.76. The summed E-state index contributed by atoms with van der Waals surface area (Å²) >= 11 is 0. The normalized spacial score (nSPS) is 15.1. The number of benzene rings is 1. The van der Waals surface area contributed by atoms with E-state index >= 15 is 0 Å². The highest BCUT2D eigenvalue weighted by Crippen LogP contribution is 2.33. The lowest BCUT2D eigenvalue weighted by Gasteiger charge is -2.00. The first-order chi connectivity index (χ1) is 9.97. The Morgan fingerprint density at radius 3 is 2.81 bits per heavy atom. The first-order valence-corrected chi connectivity index (χ1v) is 6.64. The Balaban J connectivity index is 2.08. The average molecular weight is 286 g/mol. The number of H-pyrrole nitrogens is 1. The molecule has 0 fully saturated rings. The molecule has 0 atom stereocenters. The first-order valence-electron chi connectivity index (χ1n) is 6.64. The maximum Gasteiger partial charge on any atom is 0.337 e. The van der Waals surface area contributed by atoms with Gasteiger partial charge in [-0.05, 0) is 49.3 Å². The molecule has 0 saturated carbocycles. The average Bonchev–Trinajstić information content (AvgIpc) is 2.92. The number of rotatable bonds is 2. The number of aromatic amines is 1. The van der Waals surface area contributed by atoms with Crippen molar-refractivity contribution in [1.29, 1.82) is 0 Å². The van der Waals surface area contributed by atoms with Crippen LogP contribution in [0.5, 0.6) is 0 Å². The molecular weight excluding hydrogens is 271 g/mol. The van der Waals surface area contributed by atoms with Crippen LogP contribution in [0.4, 0.5) is 10.1 Å². The Kier molecular flexibility index (Phi) is 3.05. The van der Waals surface area contributed by atoms with Gasteiger partial charge in [0.15, 0.2) is 0 Å². The van der Waals surface area contributed by atoms with Crippen LogP contribution >= 0.6 is 0 Å². The number of hydrogen-bond donors (Lipinski definition) is 3. The fourth-order valence-electron chi connectivity index (χ4n) is 2.76. The van der Waals surface area contributed by atoms with Gasteiger partial charge in [0.2, 0.25) is 0 Å². The molecule has 2 aromatic rings. The molecule has 21 heavy (non-hydrogen) atoms. The van der Waals surface area contributed by atoms with E-state index in [1.807, 2.05) is 6.08 Å². The zero-order valence-corrected chi connectivity index (χ0v) is 11.7. The van der Waals surface area contributed by atoms with Gasteiger partial charge in [-0.2, -0.15) is 0 Å². The molecule has 1 aliphatic rings. The van der Waals surface area contributed by atoms with Crippen LogP contribution in [0.1, 0.15) is 32.9 Å². The van der Waals surface area contributed by atoms with Crippen LogP contribution in [0.15, 0.2) is 18.2 Å². The van der Waals surface area contributed by atoms with Crippen LogP contribution in [-0.4, -0.2) is 22.6 Å². The van der Waals surface area contributed by atoms with Crippen LogP contribution in [-0.2, 0) is 0 Å². The summed E-state index contributed by atoms with van der Waals surface area (Å²) in [5.41, 5.74) is 5.01. The van der Waals surface area contributed by atoms with Gasteiger partial charge in [0, 0.05) is 29.2 Å². The van der Waals surface area contributed by atoms with Gasteiger partial charge in [-0.1, -0.05) is 0 Å². The van der Waals surface area contributed by atoms with Crippen molar-refractivity contribution < 1.29 is 14.3 Å². The molecule has 3 rings (SSSR count). The highest BCUT2D eigenvalue weighted by molar-refractivity contribution is 5.96. The Morgan fingerprint density at radius 1 is 1.38 bits per heavy atom. The van der Waals surface area contributed by atoms with Crippen LogP contribution in [0, 0.1) is 19.7 Å². The SMILES string of the molecule is Cc1[nH]c(C=C2CNc3ccc(F)cc32)c(C)c1C(=O)O. The number of anilines is 1. The maximum atomic E-state index is 13.4. The van der Waals surface area contributed by atoms with E-state index in [9.17, 15) is 14.3 Å². The second kappa shape index (κ2) is 4.77. The largest absolute Gasteiger partial charge is 0.478 e. The smallest absolute Gasteiger partial charge is 0.337 e. The number of aromatic nitrogens is 1. The van der Waals surface area contributed by atoms with Crippen LogP contribution in [0.25, 0.3) is 11.6 Å². The third kappa shape index (κ3) is 2.20. The summed E-state index contributed by atoms with van der Waals surface area (Å²) in [6.45, 7) is 4.10. The van der Waals surface area contributed by atoms with Crippen LogP contribution in [0.2, 0.25) is 0 Å². The predicted molar refractivity (Wildman–Crippen MR) is 80.0 cm³/mol. The van der Waals surface area contributed by atoms with Crippen molar-refractivity contribution in [2.45, 2.75) is 13.8 Å². The minimum absolute atomic E-state index is 0.283. The van der Waals surface area contributed by atoms with Crippen molar-refractivity contribution in [3.8, 4) is 0 Å². The van der Waals surface area contributed by atoms with Crippen molar-refractivity contribution in [2.24, 2.45) is 0 Å². The van der Waals surface area contributed by atoms with Crippen LogP contribution < -0.4 is 5.32 Å². The molecule has 3 N–H and O–H groups in total. The Bertz CT molecular complexity index is 775. The molecule has 4 nitrogen and oxygen atoms in total. The Labute approximate surface area is 121 Å². The lowest BCUT2D eigenvalue weighted by atomic mass is 10.0. The van der Waals surface area contributed by atoms with Crippen LogP contribution in [0.3, 0.4) is 0 Å². The predicted octanol–water partition coefficient (Wildman–Crippen LogP) is 3.43. The highest BCUT2D eigenvalue weighted by atomic mass is 19.1. The molecule has 0 spiro atoms. The molecule has 1 aliphatic heterocycles. The first kappa shape index (κ1) is 13.4. The number of halogens is 1. The van der Waals surface area contributed by atoms with E-state index < -0.39 is 5.97 Å². The third-order valence-corrected chi connectivity index (χ3v) is 3.81. The van der Waals surface area contributed by atoms with Gasteiger partial charge in [0.25, 0.3) is 0 Å². The van der Waals surface area contributed by atoms with Crippen molar-refractivity contribution in [2.75, 3.05) is 11.9 Å². The second-order valence-electron chi connectivity index (χ2n) is 5.18. The van der Waals surface area contributed by atoms with E-state index in [2.05, 4.69) is 10.3 Å². The van der Waals surface area contributed by atoms with Gasteiger partial charge >= 0.3 is 5.97 Å². The van der Waals surface area contributed by atoms with Gasteiger partial charge in [0.1, 0.15) is 5.82 Å². The maximum absolute atomic E-state index is 13.4. The summed E-state index contributed by atoms with van der Waals surface area (Å²) in [7, 11) is 0. The number of aromatic carboxylic acids is 1. The molecule has 0 unspecified atom stereocenters. The van der Waals surface area contributed by atoms with Crippen molar-refractivity contribution in [1.82, 2.24) is 4.98 Å². The molecule has 1 aromatic carbocycles. The van der Waals surface area contributed by atoms with E-state index in [0.717, 1.165) is 22.5 Å². The molecule has 0 saturated heterocycles. The minimum Gasteiger partial charge on any atom is -0.478 e. The number of aryl methyl sites for hydroxylation is 1. The molecule has 0 amide bonds. The van der Waals surface area contributed by atoms with E-state index in [1.165, 1.54) is 12.1 Å². The molecular formula is C16H15FN2O2. The Morgan fingerprint density at radius 2 is 2.14 bits per heavy atom. The Hall–Kier alpha value is -2.56. The van der Waals surface area contributed by atoms with E-state index in [4.69, 9.17) is 0 Å². The quantitative estimate of drug-likeness (QED) is 0.792. The van der Waals surface area contributed by atoms with E-state index in [1.54, 1.807) is 19.9 Å². The molecule has 0 radical (unpaired) electrons. The third-order valence-electron chi connectivity index (χ3n) is 3.81. The van der Waals surface area contributed by atoms with Gasteiger partial charge in [-0.3, -0.25) is 0 Å². The molecule has 1 aromatic heterocycles. The highest BCUT2D eigenvalue weighted by Gasteiger charge is 2.19. The second-order valence-corrected chi connectivity index (χ2v) is 5.18. The minimum atomic E-state index is -0.943. The van der Waals surface area contributed by atoms with Crippen molar-refractivity contribution in [3.63, 3.8) is 0 Å². The van der Waals surface area contributed by atoms with E-state index in [-0.39, 0.29) is 5.82 Å². The fraction of sp³-hybridized carbons (Fsp3) is 0.188. The zero-order valence-electron chi connectivity index (χ0n) is 11.7. The van der Waals surface area contributed by atoms with Gasteiger partial charge < -0.3 is 15.4 Å².